The molecule has 44 heavy (non-hydrogen) atoms. The van der Waals surface area contributed by atoms with E-state index in [1.807, 2.05) is 0 Å². The van der Waals surface area contributed by atoms with Gasteiger partial charge in [0.15, 0.2) is 0 Å². The number of unbranched alkanes of at least 4 members (excludes halogenated alkanes) is 8. The molecule has 244 valence electrons. The zero-order chi connectivity index (χ0) is 32.7. The van der Waals surface area contributed by atoms with E-state index >= 15 is 0 Å². The van der Waals surface area contributed by atoms with Gasteiger partial charge in [-0.2, -0.15) is 0 Å². The third kappa shape index (κ3) is 16.8. The van der Waals surface area contributed by atoms with Gasteiger partial charge in [0.25, 0.3) is 0 Å². The van der Waals surface area contributed by atoms with Crippen LogP contribution in [0.1, 0.15) is 146 Å². The Kier molecular flexibility index (Phi) is 19.9. The second kappa shape index (κ2) is 22.8. The fraction of sp³-hybridized carbons (Fsp3) is 0.556. The Labute approximate surface area is 263 Å². The molecule has 0 bridgehead atoms. The number of carboxylic acids is 2. The van der Waals surface area contributed by atoms with Crippen LogP contribution in [0.15, 0.2) is 48.5 Å². The van der Waals surface area contributed by atoms with Crippen molar-refractivity contribution in [1.82, 2.24) is 0 Å². The summed E-state index contributed by atoms with van der Waals surface area (Å²) in [5, 5.41) is 17.1. The van der Waals surface area contributed by atoms with Crippen LogP contribution in [-0.2, 0) is 9.47 Å². The predicted molar refractivity (Wildman–Crippen MR) is 172 cm³/mol. The molecule has 8 heteroatoms. The summed E-state index contributed by atoms with van der Waals surface area (Å²) < 4.78 is 10.8. The molecule has 8 nitrogen and oxygen atoms in total. The normalized spacial score (nSPS) is 10.7. The summed E-state index contributed by atoms with van der Waals surface area (Å²) in [6, 6.07) is 12.3. The highest BCUT2D eigenvalue weighted by atomic mass is 16.5. The molecule has 2 rings (SSSR count). The SMILES string of the molecule is CC(C)CCCCCCCOC(=O)c1ccccc1C(=O)OCCCCCCCC(C)C.O=C(O)c1ccccc1C(=O)O. The zero-order valence-electron chi connectivity index (χ0n) is 27.0. The van der Waals surface area contributed by atoms with E-state index in [9.17, 15) is 19.2 Å². The van der Waals surface area contributed by atoms with E-state index in [0.29, 0.717) is 24.3 Å². The lowest BCUT2D eigenvalue weighted by atomic mass is 10.0. The van der Waals surface area contributed by atoms with Crippen molar-refractivity contribution in [1.29, 1.82) is 0 Å². The van der Waals surface area contributed by atoms with Crippen molar-refractivity contribution in [3.05, 3.63) is 70.8 Å². The summed E-state index contributed by atoms with van der Waals surface area (Å²) in [6.45, 7) is 9.80. The summed E-state index contributed by atoms with van der Waals surface area (Å²) in [5.41, 5.74) is 0.209. The standard InChI is InChI=1S/C28H46O4.C8H6O4/c1-23(2)17-11-7-5-9-15-21-31-27(29)25-19-13-14-20-26(25)28(30)32-22-16-10-6-8-12-18-24(3)4;9-7(10)5-3-1-2-4-6(5)8(11)12/h13-14,19-20,23-24H,5-12,15-18,21-22H2,1-4H3;1-4H,(H,9,10)(H,11,12). The molecule has 0 aliphatic carbocycles. The minimum atomic E-state index is -1.23. The van der Waals surface area contributed by atoms with Crippen molar-refractivity contribution in [3.8, 4) is 0 Å². The molecular weight excluding hydrogens is 560 g/mol. The molecule has 0 amide bonds. The number of esters is 2. The van der Waals surface area contributed by atoms with Crippen molar-refractivity contribution < 1.29 is 38.9 Å². The first-order valence-corrected chi connectivity index (χ1v) is 16.0. The van der Waals surface area contributed by atoms with Crippen LogP contribution in [0, 0.1) is 11.8 Å². The average Bonchev–Trinajstić information content (AvgIpc) is 2.99. The number of hydrogen-bond donors (Lipinski definition) is 2. The zero-order valence-corrected chi connectivity index (χ0v) is 27.0. The Balaban J connectivity index is 0.000000669. The molecule has 0 atom stereocenters. The highest BCUT2D eigenvalue weighted by Crippen LogP contribution is 2.15. The second-order valence-electron chi connectivity index (χ2n) is 11.9. The maximum absolute atomic E-state index is 12.5. The summed E-state index contributed by atoms with van der Waals surface area (Å²) in [7, 11) is 0. The van der Waals surface area contributed by atoms with Gasteiger partial charge >= 0.3 is 23.9 Å². The molecule has 0 saturated heterocycles. The molecule has 0 fully saturated rings. The first-order chi connectivity index (χ1) is 21.0. The molecule has 2 aromatic rings. The summed E-state index contributed by atoms with van der Waals surface area (Å²) in [5.74, 6) is -1.81. The van der Waals surface area contributed by atoms with Gasteiger partial charge in [-0.15, -0.1) is 0 Å². The van der Waals surface area contributed by atoms with Gasteiger partial charge in [0.05, 0.1) is 35.5 Å². The van der Waals surface area contributed by atoms with Crippen LogP contribution in [0.2, 0.25) is 0 Å². The van der Waals surface area contributed by atoms with Gasteiger partial charge < -0.3 is 19.7 Å². The van der Waals surface area contributed by atoms with Crippen LogP contribution in [0.4, 0.5) is 0 Å². The van der Waals surface area contributed by atoms with Gasteiger partial charge in [-0.05, 0) is 48.9 Å². The van der Waals surface area contributed by atoms with E-state index in [2.05, 4.69) is 27.7 Å². The molecule has 0 unspecified atom stereocenters. The maximum Gasteiger partial charge on any atom is 0.339 e. The number of aromatic carboxylic acids is 2. The quantitative estimate of drug-likeness (QED) is 0.112. The fourth-order valence-corrected chi connectivity index (χ4v) is 4.55. The van der Waals surface area contributed by atoms with Gasteiger partial charge in [0, 0.05) is 0 Å². The third-order valence-corrected chi connectivity index (χ3v) is 7.07. The van der Waals surface area contributed by atoms with E-state index < -0.39 is 23.9 Å². The van der Waals surface area contributed by atoms with Crippen molar-refractivity contribution in [2.75, 3.05) is 13.2 Å². The Morgan fingerprint density at radius 2 is 0.795 bits per heavy atom. The van der Waals surface area contributed by atoms with Crippen LogP contribution < -0.4 is 0 Å². The minimum absolute atomic E-state index is 0.190. The molecule has 0 aliphatic heterocycles. The Morgan fingerprint density at radius 3 is 1.11 bits per heavy atom. The highest BCUT2D eigenvalue weighted by Gasteiger charge is 2.19. The monoisotopic (exact) mass is 612 g/mol. The van der Waals surface area contributed by atoms with E-state index in [1.165, 1.54) is 75.6 Å². The molecule has 0 spiro atoms. The maximum atomic E-state index is 12.5. The van der Waals surface area contributed by atoms with Crippen LogP contribution in [0.25, 0.3) is 0 Å². The molecule has 0 heterocycles. The molecule has 0 saturated carbocycles. The Hall–Kier alpha value is -3.68. The molecule has 0 radical (unpaired) electrons. The van der Waals surface area contributed by atoms with Crippen molar-refractivity contribution in [2.24, 2.45) is 11.8 Å². The second-order valence-corrected chi connectivity index (χ2v) is 11.9. The lowest BCUT2D eigenvalue weighted by Gasteiger charge is -2.10. The lowest BCUT2D eigenvalue weighted by molar-refractivity contribution is 0.0450. The van der Waals surface area contributed by atoms with Crippen LogP contribution in [0.3, 0.4) is 0 Å². The number of benzene rings is 2. The van der Waals surface area contributed by atoms with Gasteiger partial charge in [-0.1, -0.05) is 116 Å². The number of carbonyl (C=O) groups excluding carboxylic acids is 2. The highest BCUT2D eigenvalue weighted by molar-refractivity contribution is 6.03. The van der Waals surface area contributed by atoms with Crippen LogP contribution in [0.5, 0.6) is 0 Å². The number of hydrogen-bond acceptors (Lipinski definition) is 6. The van der Waals surface area contributed by atoms with E-state index in [0.717, 1.165) is 37.5 Å². The van der Waals surface area contributed by atoms with Gasteiger partial charge in [0.1, 0.15) is 0 Å². The summed E-state index contributed by atoms with van der Waals surface area (Å²) in [6.07, 6.45) is 13.7. The Bertz CT molecular complexity index is 1050. The van der Waals surface area contributed by atoms with Crippen LogP contribution in [-0.4, -0.2) is 47.3 Å². The van der Waals surface area contributed by atoms with E-state index in [-0.39, 0.29) is 11.1 Å². The Morgan fingerprint density at radius 1 is 0.500 bits per heavy atom. The number of carbonyl (C=O) groups is 4. The van der Waals surface area contributed by atoms with Gasteiger partial charge in [-0.25, -0.2) is 19.2 Å². The molecular formula is C36H52O8. The molecule has 0 aliphatic rings. The van der Waals surface area contributed by atoms with Gasteiger partial charge in [0.2, 0.25) is 0 Å². The predicted octanol–water partition coefficient (Wildman–Crippen LogP) is 9.08. The number of carboxylic acid groups (broad SMARTS) is 2. The average molecular weight is 613 g/mol. The lowest BCUT2D eigenvalue weighted by Crippen LogP contribution is -2.15. The fourth-order valence-electron chi connectivity index (χ4n) is 4.55. The third-order valence-electron chi connectivity index (χ3n) is 7.07. The number of rotatable bonds is 20. The van der Waals surface area contributed by atoms with E-state index in [1.54, 1.807) is 24.3 Å². The van der Waals surface area contributed by atoms with E-state index in [4.69, 9.17) is 19.7 Å². The van der Waals surface area contributed by atoms with Crippen molar-refractivity contribution in [3.63, 3.8) is 0 Å². The first kappa shape index (κ1) is 38.3. The molecule has 0 aromatic heterocycles. The van der Waals surface area contributed by atoms with Crippen LogP contribution >= 0.6 is 0 Å². The largest absolute Gasteiger partial charge is 0.478 e. The summed E-state index contributed by atoms with van der Waals surface area (Å²) >= 11 is 0. The first-order valence-electron chi connectivity index (χ1n) is 16.0. The number of ether oxygens (including phenoxy) is 2. The molecule has 2 N–H and O–H groups in total. The topological polar surface area (TPSA) is 127 Å². The smallest absolute Gasteiger partial charge is 0.339 e. The van der Waals surface area contributed by atoms with Crippen molar-refractivity contribution in [2.45, 2.75) is 105 Å². The summed E-state index contributed by atoms with van der Waals surface area (Å²) in [4.78, 5) is 45.9. The molecule has 2 aromatic carbocycles. The van der Waals surface area contributed by atoms with Crippen molar-refractivity contribution >= 4 is 23.9 Å². The minimum Gasteiger partial charge on any atom is -0.478 e. The van der Waals surface area contributed by atoms with Gasteiger partial charge in [-0.3, -0.25) is 0 Å².